The summed E-state index contributed by atoms with van der Waals surface area (Å²) in [4.78, 5) is 9.11. The van der Waals surface area contributed by atoms with Gasteiger partial charge in [-0.1, -0.05) is 33.1 Å². The van der Waals surface area contributed by atoms with Crippen molar-refractivity contribution in [2.45, 2.75) is 58.3 Å². The molecular weight excluding hydrogens is 210 g/mol. The van der Waals surface area contributed by atoms with E-state index in [-0.39, 0.29) is 0 Å². The topological polar surface area (TPSA) is 51.8 Å². The molecule has 1 fully saturated rings. The highest BCUT2D eigenvalue weighted by atomic mass is 15.0. The highest BCUT2D eigenvalue weighted by molar-refractivity contribution is 5.30. The molecule has 1 aliphatic rings. The first-order valence-electron chi connectivity index (χ1n) is 6.82. The van der Waals surface area contributed by atoms with Crippen molar-refractivity contribution in [3.05, 3.63) is 17.6 Å². The first-order chi connectivity index (χ1) is 8.19. The number of nitrogens with two attached hydrogens (primary N) is 1. The molecule has 0 unspecified atom stereocenters. The van der Waals surface area contributed by atoms with E-state index in [0.29, 0.717) is 11.7 Å². The number of hydrogen-bond acceptors (Lipinski definition) is 3. The van der Waals surface area contributed by atoms with Crippen LogP contribution in [0, 0.1) is 5.92 Å². The Morgan fingerprint density at radius 3 is 2.59 bits per heavy atom. The van der Waals surface area contributed by atoms with Crippen LogP contribution in [-0.4, -0.2) is 9.97 Å². The maximum Gasteiger partial charge on any atom is 0.134 e. The molecule has 1 heterocycles. The minimum Gasteiger partial charge on any atom is -0.384 e. The predicted octanol–water partition coefficient (Wildman–Crippen LogP) is 3.31. The average molecular weight is 233 g/mol. The molecule has 2 N–H and O–H groups in total. The molecule has 0 spiro atoms. The van der Waals surface area contributed by atoms with E-state index in [2.05, 4.69) is 23.8 Å². The summed E-state index contributed by atoms with van der Waals surface area (Å²) in [5.41, 5.74) is 6.98. The summed E-state index contributed by atoms with van der Waals surface area (Å²) in [7, 11) is 0. The summed E-state index contributed by atoms with van der Waals surface area (Å²) in [6.45, 7) is 4.50. The summed E-state index contributed by atoms with van der Waals surface area (Å²) >= 11 is 0. The second-order valence-electron chi connectivity index (χ2n) is 5.35. The van der Waals surface area contributed by atoms with E-state index in [1.54, 1.807) is 0 Å². The van der Waals surface area contributed by atoms with Crippen LogP contribution in [0.25, 0.3) is 0 Å². The molecule has 0 radical (unpaired) electrons. The molecule has 3 heteroatoms. The van der Waals surface area contributed by atoms with Crippen LogP contribution < -0.4 is 5.73 Å². The number of nitrogen functional groups attached to an aromatic ring is 1. The molecule has 1 aromatic rings. The Morgan fingerprint density at radius 2 is 1.94 bits per heavy atom. The number of aryl methyl sites for hydroxylation is 1. The third kappa shape index (κ3) is 3.18. The van der Waals surface area contributed by atoms with Crippen molar-refractivity contribution in [2.75, 3.05) is 5.73 Å². The van der Waals surface area contributed by atoms with E-state index in [9.17, 15) is 0 Å². The Labute approximate surface area is 104 Å². The fourth-order valence-corrected chi connectivity index (χ4v) is 2.62. The summed E-state index contributed by atoms with van der Waals surface area (Å²) in [6.07, 6.45) is 7.14. The second kappa shape index (κ2) is 5.48. The number of nitrogens with zero attached hydrogens (tertiary/aromatic N) is 2. The van der Waals surface area contributed by atoms with Crippen molar-refractivity contribution in [3.63, 3.8) is 0 Å². The van der Waals surface area contributed by atoms with Crippen LogP contribution in [0.1, 0.15) is 63.4 Å². The molecule has 0 aromatic carbocycles. The molecule has 1 aromatic heterocycles. The van der Waals surface area contributed by atoms with E-state index < -0.39 is 0 Å². The summed E-state index contributed by atoms with van der Waals surface area (Å²) < 4.78 is 0. The van der Waals surface area contributed by atoms with Gasteiger partial charge >= 0.3 is 0 Å². The van der Waals surface area contributed by atoms with Crippen molar-refractivity contribution >= 4 is 5.82 Å². The summed E-state index contributed by atoms with van der Waals surface area (Å²) in [5, 5.41) is 0. The van der Waals surface area contributed by atoms with Gasteiger partial charge in [0.2, 0.25) is 0 Å². The molecule has 0 atom stereocenters. The number of aromatic nitrogens is 2. The maximum absolute atomic E-state index is 5.87. The molecule has 1 saturated carbocycles. The largest absolute Gasteiger partial charge is 0.384 e. The van der Waals surface area contributed by atoms with Crippen LogP contribution >= 0.6 is 0 Å². The van der Waals surface area contributed by atoms with Crippen LogP contribution in [0.4, 0.5) is 5.82 Å². The molecule has 17 heavy (non-hydrogen) atoms. The normalized spacial score (nSPS) is 24.8. The van der Waals surface area contributed by atoms with E-state index in [0.717, 1.165) is 30.3 Å². The highest BCUT2D eigenvalue weighted by Gasteiger charge is 2.22. The van der Waals surface area contributed by atoms with Gasteiger partial charge in [-0.2, -0.15) is 0 Å². The van der Waals surface area contributed by atoms with E-state index in [4.69, 9.17) is 5.73 Å². The molecule has 1 aliphatic carbocycles. The van der Waals surface area contributed by atoms with Gasteiger partial charge in [-0.3, -0.25) is 0 Å². The molecule has 0 amide bonds. The Bertz CT molecular complexity index is 368. The van der Waals surface area contributed by atoms with Crippen molar-refractivity contribution in [1.29, 1.82) is 0 Å². The van der Waals surface area contributed by atoms with Gasteiger partial charge in [0.15, 0.2) is 0 Å². The molecule has 3 nitrogen and oxygen atoms in total. The van der Waals surface area contributed by atoms with Crippen molar-refractivity contribution in [2.24, 2.45) is 5.92 Å². The molecule has 0 saturated heterocycles. The minimum atomic E-state index is 0.533. The number of rotatable bonds is 3. The quantitative estimate of drug-likeness (QED) is 0.871. The Morgan fingerprint density at radius 1 is 1.24 bits per heavy atom. The predicted molar refractivity (Wildman–Crippen MR) is 70.8 cm³/mol. The fourth-order valence-electron chi connectivity index (χ4n) is 2.62. The zero-order chi connectivity index (χ0) is 12.3. The Balaban J connectivity index is 2.14. The molecule has 0 aliphatic heterocycles. The first-order valence-corrected chi connectivity index (χ1v) is 6.82. The Kier molecular flexibility index (Phi) is 3.97. The fraction of sp³-hybridized carbons (Fsp3) is 0.714. The van der Waals surface area contributed by atoms with Gasteiger partial charge in [-0.05, 0) is 25.2 Å². The van der Waals surface area contributed by atoms with Crippen molar-refractivity contribution in [1.82, 2.24) is 9.97 Å². The zero-order valence-corrected chi connectivity index (χ0v) is 10.9. The zero-order valence-electron chi connectivity index (χ0n) is 10.9. The summed E-state index contributed by atoms with van der Waals surface area (Å²) in [6, 6.07) is 1.92. The summed E-state index contributed by atoms with van der Waals surface area (Å²) in [5.74, 6) is 3.02. The van der Waals surface area contributed by atoms with Crippen LogP contribution in [-0.2, 0) is 6.42 Å². The third-order valence-corrected chi connectivity index (χ3v) is 3.70. The van der Waals surface area contributed by atoms with Gasteiger partial charge < -0.3 is 5.73 Å². The highest BCUT2D eigenvalue weighted by Crippen LogP contribution is 2.34. The van der Waals surface area contributed by atoms with Gasteiger partial charge in [-0.25, -0.2) is 9.97 Å². The minimum absolute atomic E-state index is 0.533. The van der Waals surface area contributed by atoms with Crippen LogP contribution in [0.2, 0.25) is 0 Å². The van der Waals surface area contributed by atoms with Gasteiger partial charge in [0, 0.05) is 17.7 Å². The van der Waals surface area contributed by atoms with Gasteiger partial charge in [0.25, 0.3) is 0 Å². The van der Waals surface area contributed by atoms with Gasteiger partial charge in [0.1, 0.15) is 11.6 Å². The van der Waals surface area contributed by atoms with Crippen LogP contribution in [0.5, 0.6) is 0 Å². The van der Waals surface area contributed by atoms with Gasteiger partial charge in [-0.15, -0.1) is 0 Å². The van der Waals surface area contributed by atoms with Crippen LogP contribution in [0.15, 0.2) is 6.07 Å². The smallest absolute Gasteiger partial charge is 0.134 e. The van der Waals surface area contributed by atoms with Gasteiger partial charge in [0.05, 0.1) is 0 Å². The number of anilines is 1. The average Bonchev–Trinajstić information content (AvgIpc) is 2.29. The lowest BCUT2D eigenvalue weighted by Crippen LogP contribution is -2.15. The molecular formula is C14H23N3. The standard InChI is InChI=1S/C14H23N3/c1-3-4-12-9-13(15)17-14(16-12)11-7-5-10(2)6-8-11/h9-11H,3-8H2,1-2H3,(H2,15,16,17). The van der Waals surface area contributed by atoms with Crippen LogP contribution in [0.3, 0.4) is 0 Å². The van der Waals surface area contributed by atoms with E-state index in [1.807, 2.05) is 6.07 Å². The molecule has 2 rings (SSSR count). The molecule has 94 valence electrons. The lowest BCUT2D eigenvalue weighted by Gasteiger charge is -2.25. The monoisotopic (exact) mass is 233 g/mol. The second-order valence-corrected chi connectivity index (χ2v) is 5.35. The molecule has 0 bridgehead atoms. The Hall–Kier alpha value is -1.12. The van der Waals surface area contributed by atoms with Crippen molar-refractivity contribution in [3.8, 4) is 0 Å². The SMILES string of the molecule is CCCc1cc(N)nc(C2CCC(C)CC2)n1. The number of hydrogen-bond donors (Lipinski definition) is 1. The third-order valence-electron chi connectivity index (χ3n) is 3.70. The lowest BCUT2D eigenvalue weighted by atomic mass is 9.82. The lowest BCUT2D eigenvalue weighted by molar-refractivity contribution is 0.339. The first kappa shape index (κ1) is 12.3. The van der Waals surface area contributed by atoms with E-state index >= 15 is 0 Å². The van der Waals surface area contributed by atoms with Crippen molar-refractivity contribution < 1.29 is 0 Å². The van der Waals surface area contributed by atoms with E-state index in [1.165, 1.54) is 25.7 Å². The maximum atomic E-state index is 5.87.